The maximum absolute atomic E-state index is 12.4. The summed E-state index contributed by atoms with van der Waals surface area (Å²) in [7, 11) is 1.36. The molecule has 4 nitrogen and oxygen atoms in total. The summed E-state index contributed by atoms with van der Waals surface area (Å²) in [4.78, 5) is 23.9. The number of hydrogen-bond acceptors (Lipinski definition) is 4. The fourth-order valence-corrected chi connectivity index (χ4v) is 3.12. The minimum absolute atomic E-state index is 0.00563. The van der Waals surface area contributed by atoms with Crippen LogP contribution in [0, 0.1) is 17.3 Å². The number of methoxy groups -OCH3 is 1. The highest BCUT2D eigenvalue weighted by Gasteiger charge is 2.61. The van der Waals surface area contributed by atoms with E-state index in [1.165, 1.54) is 12.7 Å². The molecule has 0 bridgehead atoms. The molecule has 2 atom stereocenters. The first-order valence-corrected chi connectivity index (χ1v) is 8.32. The van der Waals surface area contributed by atoms with Gasteiger partial charge in [0.2, 0.25) is 0 Å². The Bertz CT molecular complexity index is 657. The highest BCUT2D eigenvalue weighted by molar-refractivity contribution is 5.88. The van der Waals surface area contributed by atoms with Crippen LogP contribution >= 0.6 is 0 Å². The van der Waals surface area contributed by atoms with E-state index >= 15 is 0 Å². The molecule has 0 aliphatic heterocycles. The summed E-state index contributed by atoms with van der Waals surface area (Å²) in [5, 5.41) is 0. The Morgan fingerprint density at radius 3 is 2.54 bits per heavy atom. The maximum Gasteiger partial charge on any atom is 0.333 e. The Morgan fingerprint density at radius 2 is 1.92 bits per heavy atom. The normalized spacial score (nSPS) is 22.0. The van der Waals surface area contributed by atoms with Crippen LogP contribution in [0.1, 0.15) is 38.8 Å². The smallest absolute Gasteiger partial charge is 0.333 e. The molecule has 1 saturated carbocycles. The predicted molar refractivity (Wildman–Crippen MR) is 92.2 cm³/mol. The fraction of sp³-hybridized carbons (Fsp3) is 0.500. The highest BCUT2D eigenvalue weighted by atomic mass is 16.5. The molecule has 0 aromatic heterocycles. The molecule has 1 fully saturated rings. The van der Waals surface area contributed by atoms with Crippen molar-refractivity contribution in [1.29, 1.82) is 0 Å². The molecule has 1 aliphatic rings. The second-order valence-electron chi connectivity index (χ2n) is 6.95. The SMILES string of the molecule is CCc1cccc(COC(=O)C2C(/C=C(\C)C(=O)OC)C2(C)C)c1. The molecular formula is C20H26O4. The van der Waals surface area contributed by atoms with Crippen molar-refractivity contribution in [3.8, 4) is 0 Å². The van der Waals surface area contributed by atoms with Crippen LogP contribution in [0.3, 0.4) is 0 Å². The van der Waals surface area contributed by atoms with E-state index in [4.69, 9.17) is 9.47 Å². The summed E-state index contributed by atoms with van der Waals surface area (Å²) in [6, 6.07) is 8.06. The van der Waals surface area contributed by atoms with Gasteiger partial charge in [-0.15, -0.1) is 0 Å². The van der Waals surface area contributed by atoms with Gasteiger partial charge in [-0.05, 0) is 35.8 Å². The maximum atomic E-state index is 12.4. The predicted octanol–water partition coefficient (Wildman–Crippen LogP) is 3.68. The van der Waals surface area contributed by atoms with Gasteiger partial charge in [0.05, 0.1) is 13.0 Å². The van der Waals surface area contributed by atoms with Gasteiger partial charge in [0.1, 0.15) is 6.61 Å². The quantitative estimate of drug-likeness (QED) is 0.590. The van der Waals surface area contributed by atoms with Gasteiger partial charge in [-0.1, -0.05) is 51.1 Å². The number of allylic oxidation sites excluding steroid dienone is 1. The molecule has 1 aliphatic carbocycles. The summed E-state index contributed by atoms with van der Waals surface area (Å²) >= 11 is 0. The fourth-order valence-electron chi connectivity index (χ4n) is 3.12. The van der Waals surface area contributed by atoms with Gasteiger partial charge in [0, 0.05) is 5.57 Å². The Labute approximate surface area is 143 Å². The number of ether oxygens (including phenoxy) is 2. The summed E-state index contributed by atoms with van der Waals surface area (Å²) < 4.78 is 10.2. The summed E-state index contributed by atoms with van der Waals surface area (Å²) in [5.41, 5.74) is 2.56. The molecule has 24 heavy (non-hydrogen) atoms. The van der Waals surface area contributed by atoms with Crippen LogP contribution in [0.5, 0.6) is 0 Å². The summed E-state index contributed by atoms with van der Waals surface area (Å²) in [6.07, 6.45) is 2.78. The van der Waals surface area contributed by atoms with Crippen molar-refractivity contribution < 1.29 is 19.1 Å². The van der Waals surface area contributed by atoms with Gasteiger partial charge >= 0.3 is 11.9 Å². The third-order valence-corrected chi connectivity index (χ3v) is 4.88. The van der Waals surface area contributed by atoms with Gasteiger partial charge in [-0.3, -0.25) is 4.79 Å². The molecule has 4 heteroatoms. The van der Waals surface area contributed by atoms with Gasteiger partial charge in [0.25, 0.3) is 0 Å². The number of rotatable bonds is 6. The van der Waals surface area contributed by atoms with Crippen molar-refractivity contribution in [2.45, 2.75) is 40.7 Å². The van der Waals surface area contributed by atoms with Crippen LogP contribution in [-0.2, 0) is 32.1 Å². The number of carbonyl (C=O) groups is 2. The number of carbonyl (C=O) groups excluding carboxylic acids is 2. The highest BCUT2D eigenvalue weighted by Crippen LogP contribution is 2.59. The van der Waals surface area contributed by atoms with Crippen LogP contribution in [0.15, 0.2) is 35.9 Å². The first-order valence-electron chi connectivity index (χ1n) is 8.32. The van der Waals surface area contributed by atoms with E-state index in [1.54, 1.807) is 6.92 Å². The topological polar surface area (TPSA) is 52.6 Å². The minimum Gasteiger partial charge on any atom is -0.466 e. The van der Waals surface area contributed by atoms with Crippen LogP contribution in [0.25, 0.3) is 0 Å². The monoisotopic (exact) mass is 330 g/mol. The second-order valence-corrected chi connectivity index (χ2v) is 6.95. The molecule has 1 aromatic rings. The minimum atomic E-state index is -0.360. The number of aryl methyl sites for hydroxylation is 1. The average molecular weight is 330 g/mol. The molecule has 2 unspecified atom stereocenters. The lowest BCUT2D eigenvalue weighted by atomic mass is 10.1. The number of benzene rings is 1. The molecule has 130 valence electrons. The van der Waals surface area contributed by atoms with E-state index in [0.717, 1.165) is 12.0 Å². The summed E-state index contributed by atoms with van der Waals surface area (Å²) in [5.74, 6) is -0.778. The molecule has 0 N–H and O–H groups in total. The molecule has 0 radical (unpaired) electrons. The largest absolute Gasteiger partial charge is 0.466 e. The zero-order chi connectivity index (χ0) is 17.9. The van der Waals surface area contributed by atoms with Crippen molar-refractivity contribution in [3.63, 3.8) is 0 Å². The lowest BCUT2D eigenvalue weighted by Gasteiger charge is -2.07. The Balaban J connectivity index is 1.98. The zero-order valence-electron chi connectivity index (χ0n) is 15.1. The first kappa shape index (κ1) is 18.2. The molecule has 1 aromatic carbocycles. The third-order valence-electron chi connectivity index (χ3n) is 4.88. The van der Waals surface area contributed by atoms with Crippen LogP contribution in [0.2, 0.25) is 0 Å². The average Bonchev–Trinajstić information content (AvgIpc) is 3.12. The first-order chi connectivity index (χ1) is 11.3. The molecule has 0 heterocycles. The van der Waals surface area contributed by atoms with Crippen LogP contribution < -0.4 is 0 Å². The lowest BCUT2D eigenvalue weighted by molar-refractivity contribution is -0.147. The number of hydrogen-bond donors (Lipinski definition) is 0. The molecule has 0 saturated heterocycles. The zero-order valence-corrected chi connectivity index (χ0v) is 15.1. The van der Waals surface area contributed by atoms with Crippen molar-refractivity contribution in [2.75, 3.05) is 7.11 Å². The van der Waals surface area contributed by atoms with E-state index in [9.17, 15) is 9.59 Å². The van der Waals surface area contributed by atoms with E-state index < -0.39 is 0 Å². The summed E-state index contributed by atoms with van der Waals surface area (Å²) in [6.45, 7) is 8.12. The van der Waals surface area contributed by atoms with Gasteiger partial charge in [-0.2, -0.15) is 0 Å². The van der Waals surface area contributed by atoms with Crippen LogP contribution in [-0.4, -0.2) is 19.0 Å². The van der Waals surface area contributed by atoms with Gasteiger partial charge in [-0.25, -0.2) is 4.79 Å². The van der Waals surface area contributed by atoms with Crippen molar-refractivity contribution in [3.05, 3.63) is 47.0 Å². The van der Waals surface area contributed by atoms with E-state index in [2.05, 4.69) is 19.1 Å². The number of esters is 2. The van der Waals surface area contributed by atoms with E-state index in [1.807, 2.05) is 32.1 Å². The Kier molecular flexibility index (Phi) is 5.47. The Morgan fingerprint density at radius 1 is 1.25 bits per heavy atom. The van der Waals surface area contributed by atoms with Crippen molar-refractivity contribution >= 4 is 11.9 Å². The van der Waals surface area contributed by atoms with Crippen molar-refractivity contribution in [2.24, 2.45) is 17.3 Å². The van der Waals surface area contributed by atoms with Gasteiger partial charge < -0.3 is 9.47 Å². The van der Waals surface area contributed by atoms with Crippen molar-refractivity contribution in [1.82, 2.24) is 0 Å². The Hall–Kier alpha value is -2.10. The van der Waals surface area contributed by atoms with Crippen LogP contribution in [0.4, 0.5) is 0 Å². The van der Waals surface area contributed by atoms with Gasteiger partial charge in [0.15, 0.2) is 0 Å². The van der Waals surface area contributed by atoms with E-state index in [0.29, 0.717) is 5.57 Å². The van der Waals surface area contributed by atoms with E-state index in [-0.39, 0.29) is 35.8 Å². The second kappa shape index (κ2) is 7.20. The third kappa shape index (κ3) is 3.86. The standard InChI is InChI=1S/C20H26O4/c1-6-14-8-7-9-15(11-14)12-24-19(22)17-16(20(17,3)4)10-13(2)18(21)23-5/h7-11,16-17H,6,12H2,1-5H3/b13-10+. The molecule has 0 amide bonds. The molecule has 0 spiro atoms. The molecule has 2 rings (SSSR count). The molecular weight excluding hydrogens is 304 g/mol. The lowest BCUT2D eigenvalue weighted by Crippen LogP contribution is -2.10.